The molecular weight excluding hydrogens is 264 g/mol. The van der Waals surface area contributed by atoms with Crippen LogP contribution < -0.4 is 0 Å². The summed E-state index contributed by atoms with van der Waals surface area (Å²) in [6, 6.07) is 0.576. The summed E-state index contributed by atoms with van der Waals surface area (Å²) in [5.74, 6) is 1.48. The van der Waals surface area contributed by atoms with Gasteiger partial charge in [0.05, 0.1) is 12.1 Å². The maximum atomic E-state index is 4.32. The molecule has 1 aromatic heterocycles. The van der Waals surface area contributed by atoms with Crippen molar-refractivity contribution in [2.45, 2.75) is 39.8 Å². The van der Waals surface area contributed by atoms with Gasteiger partial charge in [0.1, 0.15) is 0 Å². The van der Waals surface area contributed by atoms with Crippen molar-refractivity contribution < 1.29 is 0 Å². The Morgan fingerprint density at radius 3 is 2.33 bits per heavy atom. The Balaban J connectivity index is 2.13. The molecule has 0 bridgehead atoms. The minimum atomic E-state index is 0.285. The molecule has 2 heterocycles. The van der Waals surface area contributed by atoms with Gasteiger partial charge in [0.25, 0.3) is 0 Å². The zero-order valence-corrected chi connectivity index (χ0v) is 13.7. The fourth-order valence-corrected chi connectivity index (χ4v) is 3.05. The molecule has 1 fully saturated rings. The first-order chi connectivity index (χ1) is 10.0. The zero-order valence-electron chi connectivity index (χ0n) is 13.7. The lowest BCUT2D eigenvalue weighted by Gasteiger charge is -2.40. The third-order valence-electron chi connectivity index (χ3n) is 4.09. The van der Waals surface area contributed by atoms with Crippen molar-refractivity contribution in [3.63, 3.8) is 0 Å². The summed E-state index contributed by atoms with van der Waals surface area (Å²) in [5.41, 5.74) is 0. The first-order valence-corrected chi connectivity index (χ1v) is 7.89. The lowest BCUT2D eigenvalue weighted by Crippen LogP contribution is -2.49. The van der Waals surface area contributed by atoms with Crippen LogP contribution in [0.2, 0.25) is 0 Å². The average molecular weight is 292 g/mol. The van der Waals surface area contributed by atoms with Crippen LogP contribution in [0, 0.1) is 5.92 Å². The van der Waals surface area contributed by atoms with Crippen molar-refractivity contribution in [3.8, 4) is 0 Å². The zero-order chi connectivity index (χ0) is 15.4. The van der Waals surface area contributed by atoms with Crippen LogP contribution in [0.25, 0.3) is 0 Å². The van der Waals surface area contributed by atoms with E-state index in [1.165, 1.54) is 0 Å². The van der Waals surface area contributed by atoms with Crippen molar-refractivity contribution in [1.82, 2.24) is 30.0 Å². The summed E-state index contributed by atoms with van der Waals surface area (Å²) in [4.78, 5) is 4.96. The quantitative estimate of drug-likeness (QED) is 0.748. The van der Waals surface area contributed by atoms with Crippen LogP contribution in [0.1, 0.15) is 45.6 Å². The van der Waals surface area contributed by atoms with Gasteiger partial charge in [-0.1, -0.05) is 19.9 Å². The van der Waals surface area contributed by atoms with Crippen LogP contribution in [-0.4, -0.2) is 62.7 Å². The summed E-state index contributed by atoms with van der Waals surface area (Å²) >= 11 is 0. The Bertz CT molecular complexity index is 445. The molecule has 1 saturated heterocycles. The van der Waals surface area contributed by atoms with Crippen molar-refractivity contribution in [1.29, 1.82) is 0 Å². The summed E-state index contributed by atoms with van der Waals surface area (Å²) in [7, 11) is 0. The maximum absolute atomic E-state index is 4.32. The van der Waals surface area contributed by atoms with Crippen molar-refractivity contribution >= 4 is 0 Å². The molecule has 1 aliphatic rings. The topological polar surface area (TPSA) is 50.1 Å². The minimum Gasteiger partial charge on any atom is -0.297 e. The monoisotopic (exact) mass is 292 g/mol. The van der Waals surface area contributed by atoms with Crippen LogP contribution in [0.5, 0.6) is 0 Å². The summed E-state index contributed by atoms with van der Waals surface area (Å²) in [5, 5.41) is 12.4. The highest BCUT2D eigenvalue weighted by molar-refractivity contribution is 4.98. The van der Waals surface area contributed by atoms with Crippen molar-refractivity contribution in [2.75, 3.05) is 32.7 Å². The Kier molecular flexibility index (Phi) is 5.47. The fraction of sp³-hybridized carbons (Fsp3) is 0.800. The van der Waals surface area contributed by atoms with Gasteiger partial charge in [0.2, 0.25) is 0 Å². The Morgan fingerprint density at radius 1 is 1.14 bits per heavy atom. The van der Waals surface area contributed by atoms with Gasteiger partial charge in [-0.15, -0.1) is 11.7 Å². The van der Waals surface area contributed by atoms with Crippen LogP contribution in [0.15, 0.2) is 12.7 Å². The first-order valence-electron chi connectivity index (χ1n) is 7.89. The van der Waals surface area contributed by atoms with E-state index in [0.29, 0.717) is 12.0 Å². The van der Waals surface area contributed by atoms with Gasteiger partial charge in [-0.3, -0.25) is 9.80 Å². The van der Waals surface area contributed by atoms with E-state index in [-0.39, 0.29) is 6.04 Å². The van der Waals surface area contributed by atoms with Crippen LogP contribution in [-0.2, 0) is 0 Å². The number of piperazine rings is 1. The maximum Gasteiger partial charge on any atom is 0.168 e. The number of hydrogen-bond acceptors (Lipinski definition) is 5. The standard InChI is InChI=1S/C15H28N6/c1-6-7-19-8-10-20(11-9-19)14(12(2)3)15-16-17-18-21(15)13(4)5/h6,12-14H,1,7-11H2,2-5H3. The highest BCUT2D eigenvalue weighted by Crippen LogP contribution is 2.28. The molecule has 1 atom stereocenters. The third kappa shape index (κ3) is 3.68. The molecule has 0 spiro atoms. The molecule has 1 unspecified atom stereocenters. The molecule has 0 saturated carbocycles. The van der Waals surface area contributed by atoms with Crippen LogP contribution in [0.3, 0.4) is 0 Å². The highest BCUT2D eigenvalue weighted by atomic mass is 15.6. The van der Waals surface area contributed by atoms with E-state index in [4.69, 9.17) is 0 Å². The van der Waals surface area contributed by atoms with E-state index < -0.39 is 0 Å². The lowest BCUT2D eigenvalue weighted by atomic mass is 10.0. The second kappa shape index (κ2) is 7.13. The third-order valence-corrected chi connectivity index (χ3v) is 4.09. The second-order valence-electron chi connectivity index (χ2n) is 6.39. The fourth-order valence-electron chi connectivity index (χ4n) is 3.05. The summed E-state index contributed by atoms with van der Waals surface area (Å²) < 4.78 is 1.96. The predicted molar refractivity (Wildman–Crippen MR) is 84.0 cm³/mol. The number of rotatable bonds is 6. The van der Waals surface area contributed by atoms with Gasteiger partial charge in [0, 0.05) is 32.7 Å². The Labute approximate surface area is 127 Å². The lowest BCUT2D eigenvalue weighted by molar-refractivity contribution is 0.0741. The molecule has 0 aromatic carbocycles. The molecule has 21 heavy (non-hydrogen) atoms. The summed E-state index contributed by atoms with van der Waals surface area (Å²) in [6.45, 7) is 17.8. The van der Waals surface area contributed by atoms with Gasteiger partial charge in [-0.25, -0.2) is 4.68 Å². The molecule has 0 radical (unpaired) electrons. The van der Waals surface area contributed by atoms with Gasteiger partial charge >= 0.3 is 0 Å². The van der Waals surface area contributed by atoms with E-state index in [1.807, 2.05) is 10.8 Å². The minimum absolute atomic E-state index is 0.285. The molecule has 118 valence electrons. The van der Waals surface area contributed by atoms with E-state index >= 15 is 0 Å². The summed E-state index contributed by atoms with van der Waals surface area (Å²) in [6.07, 6.45) is 1.98. The van der Waals surface area contributed by atoms with Crippen LogP contribution in [0.4, 0.5) is 0 Å². The molecule has 6 nitrogen and oxygen atoms in total. The molecule has 0 amide bonds. The average Bonchev–Trinajstić information content (AvgIpc) is 2.90. The molecule has 6 heteroatoms. The number of nitrogens with zero attached hydrogens (tertiary/aromatic N) is 6. The van der Waals surface area contributed by atoms with Crippen molar-refractivity contribution in [2.24, 2.45) is 5.92 Å². The molecule has 1 aliphatic heterocycles. The smallest absolute Gasteiger partial charge is 0.168 e. The second-order valence-corrected chi connectivity index (χ2v) is 6.39. The molecular formula is C15H28N6. The SMILES string of the molecule is C=CCN1CCN(C(c2nnnn2C(C)C)C(C)C)CC1. The molecule has 0 N–H and O–H groups in total. The van der Waals surface area contributed by atoms with Gasteiger partial charge in [0.15, 0.2) is 5.82 Å². The van der Waals surface area contributed by atoms with E-state index in [9.17, 15) is 0 Å². The molecule has 2 rings (SSSR count). The van der Waals surface area contributed by atoms with Gasteiger partial charge in [-0.2, -0.15) is 0 Å². The number of aromatic nitrogens is 4. The van der Waals surface area contributed by atoms with E-state index in [2.05, 4.69) is 59.6 Å². The Hall–Kier alpha value is -1.27. The Morgan fingerprint density at radius 2 is 1.81 bits per heavy atom. The van der Waals surface area contributed by atoms with Crippen molar-refractivity contribution in [3.05, 3.63) is 18.5 Å². The van der Waals surface area contributed by atoms with E-state index in [0.717, 1.165) is 38.5 Å². The number of tetrazole rings is 1. The van der Waals surface area contributed by atoms with Gasteiger partial charge in [-0.05, 0) is 30.2 Å². The van der Waals surface area contributed by atoms with E-state index in [1.54, 1.807) is 0 Å². The van der Waals surface area contributed by atoms with Crippen LogP contribution >= 0.6 is 0 Å². The predicted octanol–water partition coefficient (Wildman–Crippen LogP) is 1.75. The molecule has 1 aromatic rings. The molecule has 0 aliphatic carbocycles. The number of hydrogen-bond donors (Lipinski definition) is 0. The van der Waals surface area contributed by atoms with Gasteiger partial charge < -0.3 is 0 Å². The largest absolute Gasteiger partial charge is 0.297 e. The highest BCUT2D eigenvalue weighted by Gasteiger charge is 2.31. The first kappa shape index (κ1) is 16.1. The normalized spacial score (nSPS) is 19.3.